The summed E-state index contributed by atoms with van der Waals surface area (Å²) in [5.74, 6) is 2.13. The first-order chi connectivity index (χ1) is 7.54. The van der Waals surface area contributed by atoms with E-state index in [9.17, 15) is 13.2 Å². The Morgan fingerprint density at radius 1 is 1.38 bits per heavy atom. The first-order valence-electron chi connectivity index (χ1n) is 5.00. The van der Waals surface area contributed by atoms with Crippen LogP contribution < -0.4 is 5.32 Å². The lowest BCUT2D eigenvalue weighted by Crippen LogP contribution is -2.27. The zero-order chi connectivity index (χ0) is 11.6. The molecule has 0 saturated heterocycles. The van der Waals surface area contributed by atoms with Crippen molar-refractivity contribution in [1.82, 2.24) is 5.32 Å². The van der Waals surface area contributed by atoms with Crippen molar-refractivity contribution < 1.29 is 13.2 Å². The standard InChI is InChI=1S/C10H12F3NS2/c11-10(12,13)6-14-4-8-3-7-5-15-2-1-9(7)16-8/h3,14H,1-2,4-6H2. The molecular weight excluding hydrogens is 255 g/mol. The maximum absolute atomic E-state index is 11.9. The molecule has 0 atom stereocenters. The van der Waals surface area contributed by atoms with Gasteiger partial charge in [-0.05, 0) is 23.8 Å². The number of nitrogens with one attached hydrogen (secondary N) is 1. The fraction of sp³-hybridized carbons (Fsp3) is 0.600. The number of rotatable bonds is 3. The third-order valence-corrected chi connectivity index (χ3v) is 4.55. The van der Waals surface area contributed by atoms with E-state index in [0.717, 1.165) is 22.8 Å². The predicted octanol–water partition coefficient (Wildman–Crippen LogP) is 3.19. The van der Waals surface area contributed by atoms with Gasteiger partial charge >= 0.3 is 6.18 Å². The minimum Gasteiger partial charge on any atom is -0.304 e. The average molecular weight is 267 g/mol. The molecule has 0 fully saturated rings. The minimum atomic E-state index is -4.12. The van der Waals surface area contributed by atoms with Crippen LogP contribution in [0.1, 0.15) is 15.3 Å². The molecule has 0 radical (unpaired) electrons. The summed E-state index contributed by atoms with van der Waals surface area (Å²) in [5, 5.41) is 2.43. The van der Waals surface area contributed by atoms with E-state index < -0.39 is 12.7 Å². The van der Waals surface area contributed by atoms with Crippen LogP contribution in [0.4, 0.5) is 13.2 Å². The van der Waals surface area contributed by atoms with E-state index in [1.807, 2.05) is 17.8 Å². The van der Waals surface area contributed by atoms with Gasteiger partial charge < -0.3 is 5.32 Å². The van der Waals surface area contributed by atoms with Crippen LogP contribution in [-0.4, -0.2) is 18.5 Å². The van der Waals surface area contributed by atoms with E-state index in [4.69, 9.17) is 0 Å². The Bertz CT molecular complexity index is 336. The van der Waals surface area contributed by atoms with Gasteiger partial charge in [0.2, 0.25) is 0 Å². The molecule has 16 heavy (non-hydrogen) atoms. The highest BCUT2D eigenvalue weighted by molar-refractivity contribution is 7.98. The van der Waals surface area contributed by atoms with Gasteiger partial charge in [0.1, 0.15) is 0 Å². The summed E-state index contributed by atoms with van der Waals surface area (Å²) >= 11 is 3.53. The Morgan fingerprint density at radius 2 is 2.19 bits per heavy atom. The lowest BCUT2D eigenvalue weighted by atomic mass is 10.2. The molecule has 0 saturated carbocycles. The summed E-state index contributed by atoms with van der Waals surface area (Å²) in [6.45, 7) is -0.591. The molecule has 0 bridgehead atoms. The van der Waals surface area contributed by atoms with Gasteiger partial charge in [0, 0.05) is 22.1 Å². The van der Waals surface area contributed by atoms with Gasteiger partial charge in [0.15, 0.2) is 0 Å². The second-order valence-electron chi connectivity index (χ2n) is 3.68. The molecule has 6 heteroatoms. The van der Waals surface area contributed by atoms with Crippen LogP contribution in [-0.2, 0) is 18.7 Å². The molecule has 1 aromatic rings. The van der Waals surface area contributed by atoms with Crippen LogP contribution in [0.2, 0.25) is 0 Å². The number of halogens is 3. The van der Waals surface area contributed by atoms with Crippen molar-refractivity contribution in [3.8, 4) is 0 Å². The number of alkyl halides is 3. The van der Waals surface area contributed by atoms with Crippen molar-refractivity contribution in [3.05, 3.63) is 21.4 Å². The fourth-order valence-corrected chi connectivity index (χ4v) is 3.97. The SMILES string of the molecule is FC(F)(F)CNCc1cc2c(s1)CCSC2. The van der Waals surface area contributed by atoms with E-state index in [0.29, 0.717) is 6.54 Å². The van der Waals surface area contributed by atoms with Crippen molar-refractivity contribution >= 4 is 23.1 Å². The van der Waals surface area contributed by atoms with Crippen LogP contribution in [0.5, 0.6) is 0 Å². The first kappa shape index (κ1) is 12.3. The van der Waals surface area contributed by atoms with Gasteiger partial charge in [0.05, 0.1) is 6.54 Å². The van der Waals surface area contributed by atoms with Gasteiger partial charge in [-0.3, -0.25) is 0 Å². The van der Waals surface area contributed by atoms with Gasteiger partial charge in [-0.25, -0.2) is 0 Å². The number of thioether (sulfide) groups is 1. The van der Waals surface area contributed by atoms with Crippen molar-refractivity contribution in [3.63, 3.8) is 0 Å². The monoisotopic (exact) mass is 267 g/mol. The zero-order valence-corrected chi connectivity index (χ0v) is 10.2. The molecule has 1 aromatic heterocycles. The van der Waals surface area contributed by atoms with Gasteiger partial charge in [-0.2, -0.15) is 24.9 Å². The molecular formula is C10H12F3NS2. The Balaban J connectivity index is 1.88. The molecule has 0 aliphatic carbocycles. The Kier molecular flexibility index (Phi) is 3.81. The predicted molar refractivity (Wildman–Crippen MR) is 61.9 cm³/mol. The van der Waals surface area contributed by atoms with E-state index in [1.54, 1.807) is 11.3 Å². The number of thiophene rings is 1. The normalized spacial score (nSPS) is 16.2. The van der Waals surface area contributed by atoms with E-state index >= 15 is 0 Å². The summed E-state index contributed by atoms with van der Waals surface area (Å²) in [6, 6.07) is 2.04. The topological polar surface area (TPSA) is 12.0 Å². The summed E-state index contributed by atoms with van der Waals surface area (Å²) in [4.78, 5) is 2.36. The molecule has 1 aliphatic rings. The Hall–Kier alpha value is -0.200. The van der Waals surface area contributed by atoms with Crippen molar-refractivity contribution in [2.45, 2.75) is 24.9 Å². The third-order valence-electron chi connectivity index (χ3n) is 2.30. The van der Waals surface area contributed by atoms with Gasteiger partial charge in [-0.15, -0.1) is 11.3 Å². The lowest BCUT2D eigenvalue weighted by Gasteiger charge is -2.08. The molecule has 0 amide bonds. The molecule has 2 heterocycles. The molecule has 0 spiro atoms. The van der Waals surface area contributed by atoms with E-state index in [2.05, 4.69) is 5.32 Å². The summed E-state index contributed by atoms with van der Waals surface area (Å²) in [7, 11) is 0. The number of fused-ring (bicyclic) bond motifs is 1. The fourth-order valence-electron chi connectivity index (χ4n) is 1.62. The number of hydrogen-bond donors (Lipinski definition) is 1. The van der Waals surface area contributed by atoms with Crippen molar-refractivity contribution in [2.75, 3.05) is 12.3 Å². The molecule has 2 rings (SSSR count). The van der Waals surface area contributed by atoms with Crippen LogP contribution in [0.15, 0.2) is 6.07 Å². The van der Waals surface area contributed by atoms with Crippen molar-refractivity contribution in [1.29, 1.82) is 0 Å². The summed E-state index contributed by atoms with van der Waals surface area (Å²) in [5.41, 5.74) is 1.31. The van der Waals surface area contributed by atoms with Crippen molar-refractivity contribution in [2.24, 2.45) is 0 Å². The van der Waals surface area contributed by atoms with E-state index in [1.165, 1.54) is 10.4 Å². The second kappa shape index (κ2) is 4.98. The highest BCUT2D eigenvalue weighted by atomic mass is 32.2. The Morgan fingerprint density at radius 3 is 2.88 bits per heavy atom. The van der Waals surface area contributed by atoms with Crippen LogP contribution >= 0.6 is 23.1 Å². The smallest absolute Gasteiger partial charge is 0.304 e. The van der Waals surface area contributed by atoms with Crippen LogP contribution in [0.3, 0.4) is 0 Å². The quantitative estimate of drug-likeness (QED) is 0.902. The second-order valence-corrected chi connectivity index (χ2v) is 6.01. The number of hydrogen-bond acceptors (Lipinski definition) is 3. The maximum Gasteiger partial charge on any atom is 0.401 e. The maximum atomic E-state index is 11.9. The van der Waals surface area contributed by atoms with Crippen LogP contribution in [0.25, 0.3) is 0 Å². The molecule has 1 N–H and O–H groups in total. The highest BCUT2D eigenvalue weighted by Crippen LogP contribution is 2.31. The molecule has 0 unspecified atom stereocenters. The average Bonchev–Trinajstić information content (AvgIpc) is 2.57. The molecule has 1 nitrogen and oxygen atoms in total. The van der Waals surface area contributed by atoms with Gasteiger partial charge in [0.25, 0.3) is 0 Å². The Labute approximate surface area is 100 Å². The molecule has 1 aliphatic heterocycles. The van der Waals surface area contributed by atoms with Crippen LogP contribution in [0, 0.1) is 0 Å². The van der Waals surface area contributed by atoms with Gasteiger partial charge in [-0.1, -0.05) is 0 Å². The zero-order valence-electron chi connectivity index (χ0n) is 8.56. The van der Waals surface area contributed by atoms with E-state index in [-0.39, 0.29) is 0 Å². The molecule has 0 aromatic carbocycles. The lowest BCUT2D eigenvalue weighted by molar-refractivity contribution is -0.125. The number of aryl methyl sites for hydroxylation is 1. The summed E-state index contributed by atoms with van der Waals surface area (Å²) < 4.78 is 35.8. The highest BCUT2D eigenvalue weighted by Gasteiger charge is 2.26. The minimum absolute atomic E-state index is 0.321. The largest absolute Gasteiger partial charge is 0.401 e. The third kappa shape index (κ3) is 3.40. The molecule has 90 valence electrons. The summed E-state index contributed by atoms with van der Waals surface area (Å²) in [6.07, 6.45) is -3.06. The first-order valence-corrected chi connectivity index (χ1v) is 6.97.